The molecule has 9 heteroatoms. The Bertz CT molecular complexity index is 815. The van der Waals surface area contributed by atoms with E-state index in [1.807, 2.05) is 12.1 Å². The number of rotatable bonds is 5. The van der Waals surface area contributed by atoms with E-state index in [0.717, 1.165) is 16.9 Å². The number of hydrogen-bond acceptors (Lipinski definition) is 5. The highest BCUT2D eigenvalue weighted by Crippen LogP contribution is 2.18. The van der Waals surface area contributed by atoms with E-state index in [2.05, 4.69) is 25.5 Å². The quantitative estimate of drug-likeness (QED) is 0.724. The number of H-pyrrole nitrogens is 1. The fraction of sp³-hybridized carbons (Fsp3) is 0.143. The number of thiazole rings is 1. The van der Waals surface area contributed by atoms with Crippen molar-refractivity contribution >= 4 is 40.4 Å². The Balaban J connectivity index is 1.55. The summed E-state index contributed by atoms with van der Waals surface area (Å²) in [5.41, 5.74) is 0.875. The highest BCUT2D eigenvalue weighted by Gasteiger charge is 2.10. The standard InChI is InChI=1S/C14H11Cl2N5OS/c15-9-3-1-8(2-4-9)12-19-11(20-21-12)5-6-17-13(22)10-7-18-14(16)23-10/h1-4,7H,5-6H2,(H,17,22)(H,19,20,21). The van der Waals surface area contributed by atoms with Gasteiger partial charge in [0.05, 0.1) is 6.20 Å². The number of carbonyl (C=O) groups excluding carboxylic acids is 1. The van der Waals surface area contributed by atoms with Crippen LogP contribution in [0.15, 0.2) is 30.5 Å². The zero-order valence-electron chi connectivity index (χ0n) is 11.7. The molecule has 23 heavy (non-hydrogen) atoms. The van der Waals surface area contributed by atoms with Crippen LogP contribution in [0.3, 0.4) is 0 Å². The van der Waals surface area contributed by atoms with Crippen LogP contribution in [0.4, 0.5) is 0 Å². The van der Waals surface area contributed by atoms with Crippen molar-refractivity contribution in [3.63, 3.8) is 0 Å². The molecule has 1 aromatic carbocycles. The summed E-state index contributed by atoms with van der Waals surface area (Å²) in [5, 5.41) is 10.5. The van der Waals surface area contributed by atoms with Gasteiger partial charge in [-0.05, 0) is 24.3 Å². The minimum Gasteiger partial charge on any atom is -0.351 e. The SMILES string of the molecule is O=C(NCCc1nc(-c2ccc(Cl)cc2)n[nH]1)c1cnc(Cl)s1. The summed E-state index contributed by atoms with van der Waals surface area (Å²) in [6.07, 6.45) is 1.99. The van der Waals surface area contributed by atoms with Crippen molar-refractivity contribution < 1.29 is 4.79 Å². The summed E-state index contributed by atoms with van der Waals surface area (Å²) in [6.45, 7) is 0.434. The van der Waals surface area contributed by atoms with E-state index >= 15 is 0 Å². The molecule has 3 rings (SSSR count). The highest BCUT2D eigenvalue weighted by atomic mass is 35.5. The maximum absolute atomic E-state index is 11.8. The first-order valence-corrected chi connectivity index (χ1v) is 8.26. The van der Waals surface area contributed by atoms with E-state index in [9.17, 15) is 4.79 Å². The molecule has 0 aliphatic carbocycles. The average Bonchev–Trinajstić information content (AvgIpc) is 3.17. The van der Waals surface area contributed by atoms with Crippen molar-refractivity contribution in [1.82, 2.24) is 25.5 Å². The Labute approximate surface area is 145 Å². The third-order valence-corrected chi connectivity index (χ3v) is 4.35. The molecule has 0 unspecified atom stereocenters. The Morgan fingerprint density at radius 2 is 2.04 bits per heavy atom. The van der Waals surface area contributed by atoms with Crippen molar-refractivity contribution in [2.24, 2.45) is 0 Å². The second-order valence-electron chi connectivity index (χ2n) is 4.60. The van der Waals surface area contributed by atoms with Gasteiger partial charge in [0.15, 0.2) is 10.3 Å². The van der Waals surface area contributed by atoms with Gasteiger partial charge in [-0.2, -0.15) is 5.10 Å². The van der Waals surface area contributed by atoms with E-state index in [1.54, 1.807) is 12.1 Å². The number of aromatic nitrogens is 4. The molecule has 1 amide bonds. The lowest BCUT2D eigenvalue weighted by Gasteiger charge is -2.00. The van der Waals surface area contributed by atoms with Gasteiger partial charge in [-0.25, -0.2) is 9.97 Å². The van der Waals surface area contributed by atoms with Crippen LogP contribution >= 0.6 is 34.5 Å². The Kier molecular flexibility index (Phi) is 4.90. The van der Waals surface area contributed by atoms with Gasteiger partial charge in [-0.1, -0.05) is 34.5 Å². The molecular weight excluding hydrogens is 357 g/mol. The monoisotopic (exact) mass is 367 g/mol. The summed E-state index contributed by atoms with van der Waals surface area (Å²) in [7, 11) is 0. The summed E-state index contributed by atoms with van der Waals surface area (Å²) in [5.74, 6) is 1.08. The van der Waals surface area contributed by atoms with Gasteiger partial charge >= 0.3 is 0 Å². The molecule has 6 nitrogen and oxygen atoms in total. The third-order valence-electron chi connectivity index (χ3n) is 2.98. The smallest absolute Gasteiger partial charge is 0.263 e. The number of amides is 1. The van der Waals surface area contributed by atoms with E-state index in [1.165, 1.54) is 6.20 Å². The molecule has 0 fully saturated rings. The predicted octanol–water partition coefficient (Wildman–Crippen LogP) is 3.21. The van der Waals surface area contributed by atoms with Gasteiger partial charge in [0.1, 0.15) is 10.7 Å². The number of halogens is 2. The largest absolute Gasteiger partial charge is 0.351 e. The lowest BCUT2D eigenvalue weighted by molar-refractivity contribution is 0.0958. The first kappa shape index (κ1) is 15.9. The molecule has 2 aromatic heterocycles. The third kappa shape index (κ3) is 4.07. The molecule has 0 saturated carbocycles. The Hall–Kier alpha value is -1.96. The second kappa shape index (κ2) is 7.08. The summed E-state index contributed by atoms with van der Waals surface area (Å²) in [6, 6.07) is 7.27. The van der Waals surface area contributed by atoms with E-state index in [-0.39, 0.29) is 5.91 Å². The lowest BCUT2D eigenvalue weighted by atomic mass is 10.2. The maximum Gasteiger partial charge on any atom is 0.263 e. The zero-order chi connectivity index (χ0) is 16.2. The fourth-order valence-electron chi connectivity index (χ4n) is 1.87. The molecule has 0 aliphatic heterocycles. The molecule has 2 heterocycles. The predicted molar refractivity (Wildman–Crippen MR) is 90.0 cm³/mol. The van der Waals surface area contributed by atoms with Gasteiger partial charge in [0.2, 0.25) is 0 Å². The minimum atomic E-state index is -0.202. The van der Waals surface area contributed by atoms with Crippen molar-refractivity contribution in [3.05, 3.63) is 50.7 Å². The van der Waals surface area contributed by atoms with Gasteiger partial charge < -0.3 is 5.32 Å². The maximum atomic E-state index is 11.8. The van der Waals surface area contributed by atoms with Crippen LogP contribution in [0, 0.1) is 0 Å². The normalized spacial score (nSPS) is 10.7. The summed E-state index contributed by atoms with van der Waals surface area (Å²) in [4.78, 5) is 20.6. The summed E-state index contributed by atoms with van der Waals surface area (Å²) >= 11 is 12.7. The number of nitrogens with zero attached hydrogens (tertiary/aromatic N) is 3. The van der Waals surface area contributed by atoms with Crippen LogP contribution in [0.25, 0.3) is 11.4 Å². The average molecular weight is 368 g/mol. The first-order valence-electron chi connectivity index (χ1n) is 6.68. The topological polar surface area (TPSA) is 83.6 Å². The van der Waals surface area contributed by atoms with Gasteiger partial charge in [-0.15, -0.1) is 0 Å². The lowest BCUT2D eigenvalue weighted by Crippen LogP contribution is -2.25. The molecular formula is C14H11Cl2N5OS. The molecule has 0 radical (unpaired) electrons. The second-order valence-corrected chi connectivity index (χ2v) is 6.65. The van der Waals surface area contributed by atoms with Crippen molar-refractivity contribution in [2.45, 2.75) is 6.42 Å². The van der Waals surface area contributed by atoms with Crippen LogP contribution in [-0.2, 0) is 6.42 Å². The molecule has 0 saturated heterocycles. The van der Waals surface area contributed by atoms with E-state index in [4.69, 9.17) is 23.2 Å². The fourth-order valence-corrected chi connectivity index (χ4v) is 2.86. The van der Waals surface area contributed by atoms with Crippen molar-refractivity contribution in [3.8, 4) is 11.4 Å². The highest BCUT2D eigenvalue weighted by molar-refractivity contribution is 7.17. The first-order chi connectivity index (χ1) is 11.1. The molecule has 0 aliphatic rings. The molecule has 0 atom stereocenters. The summed E-state index contributed by atoms with van der Waals surface area (Å²) < 4.78 is 0.345. The van der Waals surface area contributed by atoms with Crippen LogP contribution in [0.5, 0.6) is 0 Å². The Morgan fingerprint density at radius 1 is 1.26 bits per heavy atom. The van der Waals surface area contributed by atoms with Gasteiger partial charge in [0, 0.05) is 23.6 Å². The van der Waals surface area contributed by atoms with E-state index in [0.29, 0.717) is 39.0 Å². The Morgan fingerprint density at radius 3 is 2.74 bits per heavy atom. The molecule has 2 N–H and O–H groups in total. The number of benzene rings is 1. The number of aromatic amines is 1. The molecule has 118 valence electrons. The molecule has 3 aromatic rings. The number of nitrogens with one attached hydrogen (secondary N) is 2. The molecule has 0 spiro atoms. The van der Waals surface area contributed by atoms with Crippen molar-refractivity contribution in [2.75, 3.05) is 6.54 Å². The minimum absolute atomic E-state index is 0.202. The van der Waals surface area contributed by atoms with Gasteiger partial charge in [-0.3, -0.25) is 9.89 Å². The van der Waals surface area contributed by atoms with Gasteiger partial charge in [0.25, 0.3) is 5.91 Å². The van der Waals surface area contributed by atoms with Crippen molar-refractivity contribution in [1.29, 1.82) is 0 Å². The van der Waals surface area contributed by atoms with Crippen LogP contribution in [0.2, 0.25) is 9.49 Å². The van der Waals surface area contributed by atoms with Crippen LogP contribution in [0.1, 0.15) is 15.5 Å². The number of hydrogen-bond donors (Lipinski definition) is 2. The van der Waals surface area contributed by atoms with E-state index < -0.39 is 0 Å². The zero-order valence-corrected chi connectivity index (χ0v) is 14.0. The molecule has 0 bridgehead atoms. The number of carbonyl (C=O) groups is 1. The van der Waals surface area contributed by atoms with Crippen LogP contribution < -0.4 is 5.32 Å². The van der Waals surface area contributed by atoms with Crippen LogP contribution in [-0.4, -0.2) is 32.6 Å².